The van der Waals surface area contributed by atoms with Gasteiger partial charge in [-0.05, 0) is 12.1 Å². The summed E-state index contributed by atoms with van der Waals surface area (Å²) in [6, 6.07) is 5.32. The maximum Gasteiger partial charge on any atom is 0.223 e. The first-order valence-corrected chi connectivity index (χ1v) is 4.56. The fourth-order valence-electron chi connectivity index (χ4n) is 1.23. The molecule has 0 aliphatic heterocycles. The zero-order valence-electron chi connectivity index (χ0n) is 9.40. The molecule has 4 nitrogen and oxygen atoms in total. The molecule has 0 heterocycles. The van der Waals surface area contributed by atoms with E-state index >= 15 is 0 Å². The molecule has 15 heavy (non-hydrogen) atoms. The van der Waals surface area contributed by atoms with Crippen LogP contribution in [0, 0.1) is 0 Å². The van der Waals surface area contributed by atoms with Crippen molar-refractivity contribution in [2.24, 2.45) is 0 Å². The van der Waals surface area contributed by atoms with Crippen molar-refractivity contribution in [1.82, 2.24) is 0 Å². The summed E-state index contributed by atoms with van der Waals surface area (Å²) < 4.78 is 10.3. The molecule has 1 rings (SSSR count). The summed E-state index contributed by atoms with van der Waals surface area (Å²) in [6.45, 7) is 1.50. The lowest BCUT2D eigenvalue weighted by Crippen LogP contribution is -2.23. The number of nitrogens with zero attached hydrogens (tertiary/aromatic N) is 1. The van der Waals surface area contributed by atoms with Crippen LogP contribution in [0.5, 0.6) is 11.5 Å². The molecule has 0 fully saturated rings. The van der Waals surface area contributed by atoms with Crippen LogP contribution in [-0.2, 0) is 4.79 Å². The number of rotatable bonds is 3. The number of ether oxygens (including phenoxy) is 2. The van der Waals surface area contributed by atoms with Gasteiger partial charge in [-0.1, -0.05) is 0 Å². The van der Waals surface area contributed by atoms with E-state index in [2.05, 4.69) is 0 Å². The fourth-order valence-corrected chi connectivity index (χ4v) is 1.23. The predicted octanol–water partition coefficient (Wildman–Crippen LogP) is 1.69. The van der Waals surface area contributed by atoms with Gasteiger partial charge in [0.15, 0.2) is 0 Å². The van der Waals surface area contributed by atoms with E-state index < -0.39 is 0 Å². The predicted molar refractivity (Wildman–Crippen MR) is 58.6 cm³/mol. The Morgan fingerprint density at radius 2 is 1.93 bits per heavy atom. The van der Waals surface area contributed by atoms with E-state index in [-0.39, 0.29) is 5.91 Å². The summed E-state index contributed by atoms with van der Waals surface area (Å²) in [5.41, 5.74) is 0.728. The molecule has 0 spiro atoms. The molecule has 0 radical (unpaired) electrons. The SMILES string of the molecule is COc1ccc(N(C)C(C)=O)c(OC)c1. The maximum atomic E-state index is 11.2. The molecule has 1 amide bonds. The van der Waals surface area contributed by atoms with Gasteiger partial charge < -0.3 is 14.4 Å². The highest BCUT2D eigenvalue weighted by Crippen LogP contribution is 2.31. The molecule has 0 N–H and O–H groups in total. The van der Waals surface area contributed by atoms with Gasteiger partial charge in [-0.2, -0.15) is 0 Å². The molecule has 1 aromatic carbocycles. The Labute approximate surface area is 89.4 Å². The lowest BCUT2D eigenvalue weighted by Gasteiger charge is -2.18. The van der Waals surface area contributed by atoms with E-state index in [1.54, 1.807) is 39.5 Å². The van der Waals surface area contributed by atoms with Crippen LogP contribution in [0.1, 0.15) is 6.92 Å². The Morgan fingerprint density at radius 1 is 1.27 bits per heavy atom. The molecule has 4 heteroatoms. The third kappa shape index (κ3) is 2.40. The number of carbonyl (C=O) groups excluding carboxylic acids is 1. The molecule has 0 saturated heterocycles. The molecule has 0 unspecified atom stereocenters. The lowest BCUT2D eigenvalue weighted by molar-refractivity contribution is -0.116. The number of hydrogen-bond acceptors (Lipinski definition) is 3. The molecule has 0 aliphatic carbocycles. The van der Waals surface area contributed by atoms with Crippen LogP contribution in [-0.4, -0.2) is 27.2 Å². The number of anilines is 1. The fraction of sp³-hybridized carbons (Fsp3) is 0.364. The third-order valence-electron chi connectivity index (χ3n) is 2.22. The highest BCUT2D eigenvalue weighted by atomic mass is 16.5. The highest BCUT2D eigenvalue weighted by molar-refractivity contribution is 5.92. The minimum Gasteiger partial charge on any atom is -0.497 e. The van der Waals surface area contributed by atoms with Gasteiger partial charge >= 0.3 is 0 Å². The number of hydrogen-bond donors (Lipinski definition) is 0. The maximum absolute atomic E-state index is 11.2. The highest BCUT2D eigenvalue weighted by Gasteiger charge is 2.12. The Balaban J connectivity index is 3.12. The Morgan fingerprint density at radius 3 is 2.40 bits per heavy atom. The second kappa shape index (κ2) is 4.68. The van der Waals surface area contributed by atoms with Crippen LogP contribution < -0.4 is 14.4 Å². The molecule has 0 aromatic heterocycles. The summed E-state index contributed by atoms with van der Waals surface area (Å²) in [4.78, 5) is 12.7. The lowest BCUT2D eigenvalue weighted by atomic mass is 10.2. The third-order valence-corrected chi connectivity index (χ3v) is 2.22. The van der Waals surface area contributed by atoms with Gasteiger partial charge in [0.2, 0.25) is 5.91 Å². The van der Waals surface area contributed by atoms with Crippen molar-refractivity contribution in [3.05, 3.63) is 18.2 Å². The number of amides is 1. The van der Waals surface area contributed by atoms with Crippen molar-refractivity contribution in [1.29, 1.82) is 0 Å². The van der Waals surface area contributed by atoms with Crippen molar-refractivity contribution < 1.29 is 14.3 Å². The van der Waals surface area contributed by atoms with Gasteiger partial charge in [0, 0.05) is 20.0 Å². The molecular formula is C11H15NO3. The average Bonchev–Trinajstić information content (AvgIpc) is 2.27. The minimum absolute atomic E-state index is 0.0431. The van der Waals surface area contributed by atoms with Gasteiger partial charge in [-0.25, -0.2) is 0 Å². The van der Waals surface area contributed by atoms with E-state index in [1.807, 2.05) is 0 Å². The number of benzene rings is 1. The van der Waals surface area contributed by atoms with E-state index in [9.17, 15) is 4.79 Å². The molecule has 0 bridgehead atoms. The van der Waals surface area contributed by atoms with Crippen LogP contribution in [0.3, 0.4) is 0 Å². The van der Waals surface area contributed by atoms with Crippen molar-refractivity contribution in [2.75, 3.05) is 26.2 Å². The van der Waals surface area contributed by atoms with E-state index in [0.717, 1.165) is 5.69 Å². The van der Waals surface area contributed by atoms with Gasteiger partial charge in [-0.3, -0.25) is 4.79 Å². The number of carbonyl (C=O) groups is 1. The minimum atomic E-state index is -0.0431. The average molecular weight is 209 g/mol. The van der Waals surface area contributed by atoms with Crippen LogP contribution in [0.2, 0.25) is 0 Å². The quantitative estimate of drug-likeness (QED) is 0.760. The molecule has 82 valence electrons. The molecule has 1 aromatic rings. The van der Waals surface area contributed by atoms with Gasteiger partial charge in [0.05, 0.1) is 19.9 Å². The summed E-state index contributed by atoms with van der Waals surface area (Å²) in [5.74, 6) is 1.28. The van der Waals surface area contributed by atoms with Crippen LogP contribution in [0.4, 0.5) is 5.69 Å². The van der Waals surface area contributed by atoms with E-state index in [4.69, 9.17) is 9.47 Å². The van der Waals surface area contributed by atoms with Crippen molar-refractivity contribution >= 4 is 11.6 Å². The van der Waals surface area contributed by atoms with Crippen molar-refractivity contribution in [3.63, 3.8) is 0 Å². The van der Waals surface area contributed by atoms with Crippen molar-refractivity contribution in [3.8, 4) is 11.5 Å². The van der Waals surface area contributed by atoms with Gasteiger partial charge in [0.25, 0.3) is 0 Å². The first-order chi connectivity index (χ1) is 7.10. The van der Waals surface area contributed by atoms with Crippen LogP contribution in [0.15, 0.2) is 18.2 Å². The first-order valence-electron chi connectivity index (χ1n) is 4.56. The summed E-state index contributed by atoms with van der Waals surface area (Å²) in [5, 5.41) is 0. The molecule has 0 aliphatic rings. The molecule has 0 atom stereocenters. The van der Waals surface area contributed by atoms with E-state index in [1.165, 1.54) is 11.8 Å². The summed E-state index contributed by atoms with van der Waals surface area (Å²) >= 11 is 0. The van der Waals surface area contributed by atoms with Crippen LogP contribution in [0.25, 0.3) is 0 Å². The number of methoxy groups -OCH3 is 2. The Kier molecular flexibility index (Phi) is 3.55. The van der Waals surface area contributed by atoms with E-state index in [0.29, 0.717) is 11.5 Å². The normalized spacial score (nSPS) is 9.60. The van der Waals surface area contributed by atoms with Gasteiger partial charge in [0.1, 0.15) is 11.5 Å². The summed E-state index contributed by atoms with van der Waals surface area (Å²) in [6.07, 6.45) is 0. The van der Waals surface area contributed by atoms with Crippen molar-refractivity contribution in [2.45, 2.75) is 6.92 Å². The standard InChI is InChI=1S/C11H15NO3/c1-8(13)12(2)10-6-5-9(14-3)7-11(10)15-4/h5-7H,1-4H3. The second-order valence-corrected chi connectivity index (χ2v) is 3.12. The monoisotopic (exact) mass is 209 g/mol. The second-order valence-electron chi connectivity index (χ2n) is 3.12. The summed E-state index contributed by atoms with van der Waals surface area (Å²) in [7, 11) is 4.85. The first kappa shape index (κ1) is 11.4. The molecular weight excluding hydrogens is 194 g/mol. The smallest absolute Gasteiger partial charge is 0.223 e. The molecule has 0 saturated carbocycles. The Bertz CT molecular complexity index is 363. The largest absolute Gasteiger partial charge is 0.497 e. The Hall–Kier alpha value is -1.71. The van der Waals surface area contributed by atoms with Gasteiger partial charge in [-0.15, -0.1) is 0 Å². The zero-order chi connectivity index (χ0) is 11.4. The van der Waals surface area contributed by atoms with Crippen LogP contribution >= 0.6 is 0 Å². The topological polar surface area (TPSA) is 38.8 Å². The zero-order valence-corrected chi connectivity index (χ0v) is 9.40.